The van der Waals surface area contributed by atoms with Gasteiger partial charge in [0.25, 0.3) is 0 Å². The molecule has 0 aromatic heterocycles. The molecule has 0 aromatic rings. The van der Waals surface area contributed by atoms with Gasteiger partial charge in [-0.3, -0.25) is 0 Å². The molecule has 7 heteroatoms. The van der Waals surface area contributed by atoms with E-state index in [1.165, 1.54) is 0 Å². The van der Waals surface area contributed by atoms with Gasteiger partial charge in [-0.25, -0.2) is 0 Å². The first kappa shape index (κ1) is 23.6. The molecule has 2 unspecified atom stereocenters. The van der Waals surface area contributed by atoms with Gasteiger partial charge in [-0.15, -0.1) is 0 Å². The van der Waals surface area contributed by atoms with Crippen molar-refractivity contribution in [2.24, 2.45) is 0 Å². The summed E-state index contributed by atoms with van der Waals surface area (Å²) >= 11 is 0. The molecule has 0 radical (unpaired) electrons. The fourth-order valence-electron chi connectivity index (χ4n) is 1.03. The molecule has 0 saturated heterocycles. The minimum atomic E-state index is -1.37. The summed E-state index contributed by atoms with van der Waals surface area (Å²) in [5.41, 5.74) is 0. The fraction of sp³-hybridized carbons (Fsp3) is 0.833. The van der Waals surface area contributed by atoms with Crippen molar-refractivity contribution < 1.29 is 49.5 Å². The normalized spacial score (nSPS) is 12.4. The molecule has 0 amide bonds. The van der Waals surface area contributed by atoms with Gasteiger partial charge < -0.3 is 30.0 Å². The molecule has 2 N–H and O–H groups in total. The van der Waals surface area contributed by atoms with Crippen LogP contribution in [0, 0.1) is 0 Å². The second-order valence-electron chi connectivity index (χ2n) is 3.95. The van der Waals surface area contributed by atoms with E-state index < -0.39 is 24.1 Å². The van der Waals surface area contributed by atoms with Crippen molar-refractivity contribution in [2.75, 3.05) is 0 Å². The molecule has 0 spiro atoms. The Morgan fingerprint density at radius 2 is 1.16 bits per heavy atom. The van der Waals surface area contributed by atoms with Crippen LogP contribution in [0.3, 0.4) is 0 Å². The minimum absolute atomic E-state index is 0. The van der Waals surface area contributed by atoms with Gasteiger partial charge in [0.15, 0.2) is 0 Å². The van der Waals surface area contributed by atoms with Gasteiger partial charge in [0, 0.05) is 0 Å². The molecule has 0 fully saturated rings. The smallest absolute Gasteiger partial charge is 0.547 e. The zero-order valence-corrected chi connectivity index (χ0v) is 14.6. The maximum atomic E-state index is 9.84. The van der Waals surface area contributed by atoms with Crippen molar-refractivity contribution in [2.45, 2.75) is 64.6 Å². The number of carbonyl (C=O) groups excluding carboxylic acids is 2. The van der Waals surface area contributed by atoms with Gasteiger partial charge in [0.2, 0.25) is 0 Å². The predicted molar refractivity (Wildman–Crippen MR) is 61.1 cm³/mol. The molecule has 0 aromatic carbocycles. The molecule has 0 rings (SSSR count). The zero-order chi connectivity index (χ0) is 14.6. The van der Waals surface area contributed by atoms with Crippen LogP contribution in [0.4, 0.5) is 0 Å². The van der Waals surface area contributed by atoms with E-state index in [4.69, 9.17) is 10.2 Å². The van der Waals surface area contributed by atoms with E-state index in [2.05, 4.69) is 0 Å². The maximum absolute atomic E-state index is 9.84. The summed E-state index contributed by atoms with van der Waals surface area (Å²) in [6, 6.07) is 0. The number of hydrogen-bond acceptors (Lipinski definition) is 6. The number of carboxylic acid groups (broad SMARTS) is 2. The first-order valence-corrected chi connectivity index (χ1v) is 6.14. The van der Waals surface area contributed by atoms with E-state index in [1.807, 2.05) is 13.8 Å². The van der Waals surface area contributed by atoms with Crippen molar-refractivity contribution >= 4 is 11.9 Å². The summed E-state index contributed by atoms with van der Waals surface area (Å²) in [7, 11) is 0. The number of rotatable bonds is 8. The molecule has 0 heterocycles. The van der Waals surface area contributed by atoms with Crippen LogP contribution in [0.1, 0.15) is 52.4 Å². The summed E-state index contributed by atoms with van der Waals surface area (Å²) in [4.78, 5) is 19.7. The Balaban J connectivity index is -0.000000256. The Morgan fingerprint density at radius 3 is 1.32 bits per heavy atom. The molecule has 108 valence electrons. The van der Waals surface area contributed by atoms with Gasteiger partial charge >= 0.3 is 19.5 Å². The third kappa shape index (κ3) is 17.5. The molecule has 6 nitrogen and oxygen atoms in total. The number of carbonyl (C=O) groups is 2. The number of aliphatic hydroxyl groups excluding tert-OH is 2. The quantitative estimate of drug-likeness (QED) is 0.527. The van der Waals surface area contributed by atoms with Gasteiger partial charge in [0.1, 0.15) is 0 Å². The fourth-order valence-corrected chi connectivity index (χ4v) is 1.03. The van der Waals surface area contributed by atoms with Gasteiger partial charge in [-0.1, -0.05) is 39.5 Å². The van der Waals surface area contributed by atoms with Crippen LogP contribution in [0.25, 0.3) is 0 Å². The zero-order valence-electron chi connectivity index (χ0n) is 11.6. The molecular weight excluding hydrogens is 306 g/mol. The summed E-state index contributed by atoms with van der Waals surface area (Å²) in [6.07, 6.45) is 1.31. The van der Waals surface area contributed by atoms with Crippen LogP contribution < -0.4 is 10.2 Å². The van der Waals surface area contributed by atoms with Crippen LogP contribution in [0.2, 0.25) is 0 Å². The van der Waals surface area contributed by atoms with Crippen LogP contribution in [-0.4, -0.2) is 34.4 Å². The van der Waals surface area contributed by atoms with E-state index in [0.29, 0.717) is 12.8 Å². The summed E-state index contributed by atoms with van der Waals surface area (Å²) in [5.74, 6) is -2.74. The molecular formula is C12H22O6Zn. The number of aliphatic hydroxyl groups is 2. The predicted octanol–water partition coefficient (Wildman–Crippen LogP) is -1.43. The van der Waals surface area contributed by atoms with Gasteiger partial charge in [0.05, 0.1) is 24.1 Å². The summed E-state index contributed by atoms with van der Waals surface area (Å²) in [5, 5.41) is 36.9. The number of unbranched alkanes of at least 4 members (excludes halogenated alkanes) is 2. The molecule has 2 atom stereocenters. The number of aliphatic carboxylic acids is 2. The standard InChI is InChI=1S/2C6H12O3.Zn/c2*1-2-3-4-5(7)6(8)9;/h2*5,7H,2-4H2,1H3,(H,8,9);/q;;+2/p-2. The minimum Gasteiger partial charge on any atom is -0.547 e. The monoisotopic (exact) mass is 326 g/mol. The number of hydrogen-bond donors (Lipinski definition) is 2. The van der Waals surface area contributed by atoms with Gasteiger partial charge in [-0.05, 0) is 12.8 Å². The SMILES string of the molecule is CCCCC(O)C(=O)[O-].CCCCC(O)C(=O)[O-].[Zn+2]. The Kier molecular flexibility index (Phi) is 19.3. The van der Waals surface area contributed by atoms with Crippen molar-refractivity contribution in [3.63, 3.8) is 0 Å². The van der Waals surface area contributed by atoms with Crippen LogP contribution >= 0.6 is 0 Å². The summed E-state index contributed by atoms with van der Waals surface area (Å²) in [6.45, 7) is 3.87. The average Bonchev–Trinajstić information content (AvgIpc) is 2.33. The second-order valence-corrected chi connectivity index (χ2v) is 3.95. The van der Waals surface area contributed by atoms with E-state index in [1.54, 1.807) is 0 Å². The topological polar surface area (TPSA) is 121 Å². The van der Waals surface area contributed by atoms with E-state index in [0.717, 1.165) is 25.7 Å². The molecule has 0 saturated carbocycles. The Labute approximate surface area is 126 Å². The first-order chi connectivity index (χ1) is 8.36. The maximum Gasteiger partial charge on any atom is 2.00 e. The van der Waals surface area contributed by atoms with Crippen LogP contribution in [0.15, 0.2) is 0 Å². The van der Waals surface area contributed by atoms with E-state index in [-0.39, 0.29) is 19.5 Å². The molecule has 0 aliphatic heterocycles. The third-order valence-corrected chi connectivity index (χ3v) is 2.21. The Morgan fingerprint density at radius 1 is 0.895 bits per heavy atom. The van der Waals surface area contributed by atoms with Crippen molar-refractivity contribution in [3.05, 3.63) is 0 Å². The van der Waals surface area contributed by atoms with Crippen LogP contribution in [0.5, 0.6) is 0 Å². The van der Waals surface area contributed by atoms with Crippen molar-refractivity contribution in [1.29, 1.82) is 0 Å². The average molecular weight is 328 g/mol. The number of carboxylic acids is 2. The van der Waals surface area contributed by atoms with E-state index in [9.17, 15) is 19.8 Å². The molecule has 0 aliphatic carbocycles. The van der Waals surface area contributed by atoms with Crippen molar-refractivity contribution in [3.8, 4) is 0 Å². The third-order valence-electron chi connectivity index (χ3n) is 2.21. The summed E-state index contributed by atoms with van der Waals surface area (Å²) < 4.78 is 0. The first-order valence-electron chi connectivity index (χ1n) is 6.14. The van der Waals surface area contributed by atoms with Gasteiger partial charge in [-0.2, -0.15) is 0 Å². The van der Waals surface area contributed by atoms with E-state index >= 15 is 0 Å². The largest absolute Gasteiger partial charge is 2.00 e. The molecule has 0 bridgehead atoms. The Hall–Kier alpha value is -0.517. The molecule has 0 aliphatic rings. The Bertz CT molecular complexity index is 210. The van der Waals surface area contributed by atoms with Crippen molar-refractivity contribution in [1.82, 2.24) is 0 Å². The van der Waals surface area contributed by atoms with Crippen LogP contribution in [-0.2, 0) is 29.1 Å². The second kappa shape index (κ2) is 15.5. The molecule has 19 heavy (non-hydrogen) atoms.